The maximum Gasteiger partial charge on any atom is 0.272 e. The minimum absolute atomic E-state index is 0.0293. The molecule has 5 rings (SSSR count). The molecule has 5 atom stereocenters. The van der Waals surface area contributed by atoms with E-state index in [9.17, 15) is 24.7 Å². The smallest absolute Gasteiger partial charge is 0.272 e. The third-order valence-corrected chi connectivity index (χ3v) is 6.51. The van der Waals surface area contributed by atoms with Crippen LogP contribution in [0, 0.1) is 29.0 Å². The molecule has 10 heteroatoms. The number of rotatable bonds is 5. The van der Waals surface area contributed by atoms with E-state index in [1.54, 1.807) is 7.05 Å². The fraction of sp³-hybridized carbons (Fsp3) is 0.409. The molecule has 32 heavy (non-hydrogen) atoms. The van der Waals surface area contributed by atoms with Gasteiger partial charge >= 0.3 is 0 Å². The molecule has 2 heterocycles. The van der Waals surface area contributed by atoms with Crippen molar-refractivity contribution in [3.05, 3.63) is 52.7 Å². The molecule has 1 aromatic carbocycles. The highest BCUT2D eigenvalue weighted by Crippen LogP contribution is 2.52. The normalized spacial score (nSPS) is 27.2. The van der Waals surface area contributed by atoms with Crippen molar-refractivity contribution in [3.63, 3.8) is 0 Å². The van der Waals surface area contributed by atoms with Gasteiger partial charge in [0.15, 0.2) is 0 Å². The monoisotopic (exact) mass is 436 g/mol. The van der Waals surface area contributed by atoms with Crippen LogP contribution in [-0.2, 0) is 17.9 Å². The van der Waals surface area contributed by atoms with E-state index >= 15 is 0 Å². The quantitative estimate of drug-likeness (QED) is 0.625. The summed E-state index contributed by atoms with van der Waals surface area (Å²) in [5, 5.41) is 32.9. The average Bonchev–Trinajstić information content (AvgIpc) is 3.39. The molecule has 2 aliphatic carbocycles. The third-order valence-electron chi connectivity index (χ3n) is 6.51. The summed E-state index contributed by atoms with van der Waals surface area (Å²) in [5.41, 5.74) is 1.91. The van der Waals surface area contributed by atoms with Crippen LogP contribution in [0.4, 0.5) is 10.2 Å². The number of benzene rings is 1. The number of carbonyl (C=O) groups is 1. The molecule has 0 saturated heterocycles. The highest BCUT2D eigenvalue weighted by atomic mass is 19.1. The summed E-state index contributed by atoms with van der Waals surface area (Å²) in [6.07, 6.45) is 0.526. The van der Waals surface area contributed by atoms with Crippen molar-refractivity contribution in [3.8, 4) is 6.07 Å². The second kappa shape index (κ2) is 7.62. The van der Waals surface area contributed by atoms with Crippen LogP contribution in [-0.4, -0.2) is 62.0 Å². The predicted octanol–water partition coefficient (Wildman–Crippen LogP) is 0.601. The topological polar surface area (TPSA) is 135 Å². The average molecular weight is 436 g/mol. The molecule has 0 unspecified atom stereocenters. The maximum absolute atomic E-state index is 13.7. The first-order valence-electron chi connectivity index (χ1n) is 10.3. The highest BCUT2D eigenvalue weighted by Gasteiger charge is 2.59. The molecule has 0 spiro atoms. The van der Waals surface area contributed by atoms with Crippen molar-refractivity contribution in [2.75, 3.05) is 12.4 Å². The number of hydrogen-bond donors (Lipinski definition) is 3. The number of anilines is 1. The minimum atomic E-state index is -0.915. The molecule has 2 fully saturated rings. The summed E-state index contributed by atoms with van der Waals surface area (Å²) in [7, 11) is 1.55. The Morgan fingerprint density at radius 3 is 2.84 bits per heavy atom. The molecule has 1 aliphatic heterocycles. The first-order valence-corrected chi connectivity index (χ1v) is 10.3. The van der Waals surface area contributed by atoms with Crippen LogP contribution in [0.1, 0.15) is 28.8 Å². The zero-order chi connectivity index (χ0) is 22.6. The summed E-state index contributed by atoms with van der Waals surface area (Å²) in [5.74, 6) is -0.271. The third kappa shape index (κ3) is 3.30. The number of aromatic nitrogens is 2. The first kappa shape index (κ1) is 20.5. The van der Waals surface area contributed by atoms with Crippen LogP contribution < -0.4 is 5.32 Å². The van der Waals surface area contributed by atoms with E-state index in [0.29, 0.717) is 28.2 Å². The van der Waals surface area contributed by atoms with Gasteiger partial charge in [-0.05, 0) is 42.0 Å². The van der Waals surface area contributed by atoms with Gasteiger partial charge in [-0.15, -0.1) is 0 Å². The zero-order valence-electron chi connectivity index (χ0n) is 17.2. The van der Waals surface area contributed by atoms with Gasteiger partial charge in [0.2, 0.25) is 0 Å². The number of halogens is 1. The number of likely N-dealkylation sites (N-methyl/N-ethyl adjacent to an activating group) is 1. The number of nitriles is 1. The molecule has 164 valence electrons. The zero-order valence-corrected chi connectivity index (χ0v) is 17.2. The molecular formula is C22H21FN6O3. The fourth-order valence-electron chi connectivity index (χ4n) is 4.73. The minimum Gasteiger partial charge on any atom is -0.390 e. The van der Waals surface area contributed by atoms with Gasteiger partial charge in [0.25, 0.3) is 5.91 Å². The highest BCUT2D eigenvalue weighted by molar-refractivity contribution is 6.47. The van der Waals surface area contributed by atoms with Crippen LogP contribution >= 0.6 is 0 Å². The van der Waals surface area contributed by atoms with E-state index < -0.39 is 23.9 Å². The molecule has 9 nitrogen and oxygen atoms in total. The number of carbonyl (C=O) groups excluding carboxylic acids is 1. The van der Waals surface area contributed by atoms with Gasteiger partial charge in [0.1, 0.15) is 29.8 Å². The van der Waals surface area contributed by atoms with Crippen LogP contribution in [0.3, 0.4) is 0 Å². The Balaban J connectivity index is 1.39. The van der Waals surface area contributed by atoms with Crippen LogP contribution in [0.2, 0.25) is 0 Å². The van der Waals surface area contributed by atoms with Gasteiger partial charge in [0, 0.05) is 13.6 Å². The van der Waals surface area contributed by atoms with Crippen molar-refractivity contribution in [2.45, 2.75) is 37.8 Å². The summed E-state index contributed by atoms with van der Waals surface area (Å²) in [6, 6.07) is 5.47. The SMILES string of the molecule is CN(Cc1cc(F)ccc1C#N)C(=O)C1=NCc2ncnc(N[C@H]3[C@H](O)[C@H](O)[C@@H]4C[C@@H]43)c21. The lowest BCUT2D eigenvalue weighted by molar-refractivity contribution is -0.123. The van der Waals surface area contributed by atoms with Gasteiger partial charge < -0.3 is 20.4 Å². The van der Waals surface area contributed by atoms with Gasteiger partial charge in [0.05, 0.1) is 41.6 Å². The van der Waals surface area contributed by atoms with E-state index in [4.69, 9.17) is 0 Å². The lowest BCUT2D eigenvalue weighted by Crippen LogP contribution is -2.39. The number of nitrogens with zero attached hydrogens (tertiary/aromatic N) is 5. The van der Waals surface area contributed by atoms with Gasteiger partial charge in [-0.2, -0.15) is 5.26 Å². The van der Waals surface area contributed by atoms with Crippen LogP contribution in [0.15, 0.2) is 29.5 Å². The summed E-state index contributed by atoms with van der Waals surface area (Å²) < 4.78 is 13.7. The van der Waals surface area contributed by atoms with Gasteiger partial charge in [-0.1, -0.05) is 0 Å². The first-order chi connectivity index (χ1) is 15.4. The fourth-order valence-corrected chi connectivity index (χ4v) is 4.73. The Bertz CT molecular complexity index is 1180. The standard InChI is InChI=1S/C22H21FN6O3/c1-29(8-11-4-12(23)3-2-10(11)6-24)22(32)18-16-15(7-25-18)26-9-27-21(16)28-17-13-5-14(13)19(30)20(17)31/h2-4,9,13-14,17,19-20,30-31H,5,7-8H2,1H3,(H,26,27,28)/t13-,14+,17+,19+,20-/m0/s1. The molecule has 3 aliphatic rings. The van der Waals surface area contributed by atoms with Crippen molar-refractivity contribution in [1.82, 2.24) is 14.9 Å². The Kier molecular flexibility index (Phi) is 4.87. The van der Waals surface area contributed by atoms with Crippen molar-refractivity contribution >= 4 is 17.4 Å². The van der Waals surface area contributed by atoms with E-state index in [1.165, 1.54) is 29.4 Å². The lowest BCUT2D eigenvalue weighted by atomic mass is 10.1. The number of hydrogen-bond acceptors (Lipinski definition) is 8. The van der Waals surface area contributed by atoms with Crippen molar-refractivity contribution in [2.24, 2.45) is 16.8 Å². The Morgan fingerprint density at radius 2 is 2.12 bits per heavy atom. The number of aliphatic hydroxyl groups is 2. The number of aliphatic imine (C=N–C) groups is 1. The number of nitrogens with one attached hydrogen (secondary N) is 1. The molecular weight excluding hydrogens is 415 g/mol. The van der Waals surface area contributed by atoms with Crippen molar-refractivity contribution < 1.29 is 19.4 Å². The Morgan fingerprint density at radius 1 is 1.31 bits per heavy atom. The van der Waals surface area contributed by atoms with E-state index in [1.807, 2.05) is 6.07 Å². The molecule has 3 N–H and O–H groups in total. The van der Waals surface area contributed by atoms with E-state index in [2.05, 4.69) is 20.3 Å². The molecule has 1 amide bonds. The maximum atomic E-state index is 13.7. The second-order valence-electron chi connectivity index (χ2n) is 8.50. The second-order valence-corrected chi connectivity index (χ2v) is 8.50. The Labute approximate surface area is 183 Å². The van der Waals surface area contributed by atoms with Gasteiger partial charge in [-0.25, -0.2) is 14.4 Å². The Hall–Kier alpha value is -3.42. The number of amides is 1. The molecule has 0 radical (unpaired) electrons. The van der Waals surface area contributed by atoms with E-state index in [0.717, 1.165) is 6.42 Å². The predicted molar refractivity (Wildman–Crippen MR) is 111 cm³/mol. The van der Waals surface area contributed by atoms with E-state index in [-0.39, 0.29) is 36.7 Å². The largest absolute Gasteiger partial charge is 0.390 e. The summed E-state index contributed by atoms with van der Waals surface area (Å²) in [4.78, 5) is 27.5. The number of fused-ring (bicyclic) bond motifs is 2. The van der Waals surface area contributed by atoms with Crippen LogP contribution in [0.25, 0.3) is 0 Å². The summed E-state index contributed by atoms with van der Waals surface area (Å²) in [6.45, 7) is 0.244. The molecule has 0 bridgehead atoms. The molecule has 1 aromatic heterocycles. The molecule has 2 aromatic rings. The summed E-state index contributed by atoms with van der Waals surface area (Å²) >= 11 is 0. The molecule has 2 saturated carbocycles. The van der Waals surface area contributed by atoms with Gasteiger partial charge in [-0.3, -0.25) is 9.79 Å². The lowest BCUT2D eigenvalue weighted by Gasteiger charge is -2.24. The van der Waals surface area contributed by atoms with Crippen molar-refractivity contribution in [1.29, 1.82) is 5.26 Å². The number of aliphatic hydroxyl groups excluding tert-OH is 2. The van der Waals surface area contributed by atoms with Crippen LogP contribution in [0.5, 0.6) is 0 Å².